The van der Waals surface area contributed by atoms with Gasteiger partial charge in [0.15, 0.2) is 9.84 Å². The van der Waals surface area contributed by atoms with Crippen molar-refractivity contribution < 1.29 is 22.7 Å². The second-order valence-electron chi connectivity index (χ2n) is 3.73. The van der Waals surface area contributed by atoms with E-state index in [1.54, 1.807) is 18.2 Å². The molecule has 0 aliphatic heterocycles. The van der Waals surface area contributed by atoms with Crippen molar-refractivity contribution >= 4 is 21.7 Å². The molecule has 104 valence electrons. The normalized spacial score (nSPS) is 10.8. The largest absolute Gasteiger partial charge is 0.468 e. The van der Waals surface area contributed by atoms with Gasteiger partial charge in [-0.3, -0.25) is 9.59 Å². The minimum atomic E-state index is -3.48. The molecule has 1 aromatic rings. The molecule has 7 heteroatoms. The van der Waals surface area contributed by atoms with Crippen LogP contribution in [0.5, 0.6) is 0 Å². The van der Waals surface area contributed by atoms with Crippen molar-refractivity contribution in [1.29, 1.82) is 0 Å². The highest BCUT2D eigenvalue weighted by molar-refractivity contribution is 7.91. The van der Waals surface area contributed by atoms with E-state index in [9.17, 15) is 18.0 Å². The van der Waals surface area contributed by atoms with Gasteiger partial charge in [0.2, 0.25) is 5.91 Å². The summed E-state index contributed by atoms with van der Waals surface area (Å²) in [6.45, 7) is -0.263. The highest BCUT2D eigenvalue weighted by atomic mass is 32.2. The van der Waals surface area contributed by atoms with Crippen molar-refractivity contribution in [2.75, 3.05) is 19.4 Å². The Morgan fingerprint density at radius 1 is 1.21 bits per heavy atom. The van der Waals surface area contributed by atoms with E-state index in [1.807, 2.05) is 0 Å². The summed E-state index contributed by atoms with van der Waals surface area (Å²) in [6.07, 6.45) is -0.200. The third-order valence-corrected chi connectivity index (χ3v) is 4.09. The van der Waals surface area contributed by atoms with Gasteiger partial charge < -0.3 is 10.1 Å². The maximum atomic E-state index is 11.9. The average Bonchev–Trinajstić information content (AvgIpc) is 2.43. The van der Waals surface area contributed by atoms with Crippen molar-refractivity contribution in [3.8, 4) is 0 Å². The third kappa shape index (κ3) is 5.09. The van der Waals surface area contributed by atoms with Gasteiger partial charge in [0.05, 0.1) is 17.8 Å². The molecule has 19 heavy (non-hydrogen) atoms. The molecule has 0 radical (unpaired) electrons. The molecule has 0 bridgehead atoms. The van der Waals surface area contributed by atoms with E-state index in [0.29, 0.717) is 0 Å². The quantitative estimate of drug-likeness (QED) is 0.751. The van der Waals surface area contributed by atoms with Gasteiger partial charge in [-0.25, -0.2) is 8.42 Å². The predicted molar refractivity (Wildman–Crippen MR) is 68.1 cm³/mol. The molecular weight excluding hydrogens is 270 g/mol. The monoisotopic (exact) mass is 285 g/mol. The summed E-state index contributed by atoms with van der Waals surface area (Å²) >= 11 is 0. The number of hydrogen-bond acceptors (Lipinski definition) is 5. The molecule has 1 rings (SSSR count). The molecule has 0 saturated carbocycles. The van der Waals surface area contributed by atoms with Crippen LogP contribution in [0.1, 0.15) is 6.42 Å². The van der Waals surface area contributed by atoms with Crippen LogP contribution in [0.3, 0.4) is 0 Å². The fourth-order valence-corrected chi connectivity index (χ4v) is 2.57. The molecule has 0 aromatic heterocycles. The lowest BCUT2D eigenvalue weighted by Crippen LogP contribution is -2.31. The van der Waals surface area contributed by atoms with Crippen LogP contribution in [0.4, 0.5) is 0 Å². The molecule has 0 aliphatic carbocycles. The van der Waals surface area contributed by atoms with Crippen LogP contribution in [-0.2, 0) is 24.2 Å². The van der Waals surface area contributed by atoms with E-state index < -0.39 is 21.7 Å². The van der Waals surface area contributed by atoms with Gasteiger partial charge in [-0.05, 0) is 12.1 Å². The van der Waals surface area contributed by atoms with Gasteiger partial charge in [-0.15, -0.1) is 0 Å². The van der Waals surface area contributed by atoms with E-state index in [2.05, 4.69) is 10.1 Å². The number of benzene rings is 1. The van der Waals surface area contributed by atoms with Crippen molar-refractivity contribution in [2.24, 2.45) is 0 Å². The average molecular weight is 285 g/mol. The third-order valence-electron chi connectivity index (χ3n) is 2.36. The molecule has 0 heterocycles. The van der Waals surface area contributed by atoms with Gasteiger partial charge >= 0.3 is 5.97 Å². The first-order valence-corrected chi connectivity index (χ1v) is 7.22. The zero-order valence-corrected chi connectivity index (χ0v) is 11.3. The van der Waals surface area contributed by atoms with Crippen molar-refractivity contribution in [1.82, 2.24) is 5.32 Å². The predicted octanol–water partition coefficient (Wildman–Crippen LogP) is 0.140. The van der Waals surface area contributed by atoms with Gasteiger partial charge in [0.1, 0.15) is 6.54 Å². The molecule has 1 amide bonds. The Morgan fingerprint density at radius 3 is 2.42 bits per heavy atom. The molecule has 0 fully saturated rings. The minimum absolute atomic E-state index is 0.177. The number of sulfone groups is 1. The number of carbonyl (C=O) groups excluding carboxylic acids is 2. The zero-order chi connectivity index (χ0) is 14.3. The lowest BCUT2D eigenvalue weighted by atomic mass is 10.4. The number of hydrogen-bond donors (Lipinski definition) is 1. The van der Waals surface area contributed by atoms with Crippen LogP contribution in [0.2, 0.25) is 0 Å². The Bertz CT molecular complexity index is 538. The minimum Gasteiger partial charge on any atom is -0.468 e. The summed E-state index contributed by atoms with van der Waals surface area (Å²) in [5.74, 6) is -1.39. The van der Waals surface area contributed by atoms with E-state index in [0.717, 1.165) is 0 Å². The fraction of sp³-hybridized carbons (Fsp3) is 0.333. The van der Waals surface area contributed by atoms with E-state index in [1.165, 1.54) is 19.2 Å². The van der Waals surface area contributed by atoms with E-state index >= 15 is 0 Å². The molecule has 6 nitrogen and oxygen atoms in total. The number of methoxy groups -OCH3 is 1. The van der Waals surface area contributed by atoms with Crippen LogP contribution in [0, 0.1) is 0 Å². The number of ether oxygens (including phenoxy) is 1. The number of esters is 1. The zero-order valence-electron chi connectivity index (χ0n) is 10.5. The summed E-state index contributed by atoms with van der Waals surface area (Å²) in [5.41, 5.74) is 0. The topological polar surface area (TPSA) is 89.5 Å². The molecule has 0 unspecified atom stereocenters. The molecule has 1 N–H and O–H groups in total. The highest BCUT2D eigenvalue weighted by Crippen LogP contribution is 2.10. The van der Waals surface area contributed by atoms with Crippen molar-refractivity contribution in [3.63, 3.8) is 0 Å². The summed E-state index contributed by atoms with van der Waals surface area (Å²) in [4.78, 5) is 22.3. The summed E-state index contributed by atoms with van der Waals surface area (Å²) < 4.78 is 28.1. The molecule has 0 saturated heterocycles. The smallest absolute Gasteiger partial charge is 0.325 e. The summed E-state index contributed by atoms with van der Waals surface area (Å²) in [6, 6.07) is 7.89. The first kappa shape index (κ1) is 15.2. The van der Waals surface area contributed by atoms with Crippen LogP contribution in [-0.4, -0.2) is 39.7 Å². The van der Waals surface area contributed by atoms with Crippen LogP contribution in [0.25, 0.3) is 0 Å². The maximum absolute atomic E-state index is 11.9. The first-order chi connectivity index (χ1) is 8.95. The fourth-order valence-electron chi connectivity index (χ4n) is 1.30. The standard InChI is InChI=1S/C12H15NO5S/c1-18-12(15)9-13-11(14)7-8-19(16,17)10-5-3-2-4-6-10/h2-6H,7-9H2,1H3,(H,13,14). The highest BCUT2D eigenvalue weighted by Gasteiger charge is 2.16. The van der Waals surface area contributed by atoms with Gasteiger partial charge in [-0.2, -0.15) is 0 Å². The van der Waals surface area contributed by atoms with Gasteiger partial charge in [0, 0.05) is 6.42 Å². The second kappa shape index (κ2) is 6.89. The van der Waals surface area contributed by atoms with Crippen molar-refractivity contribution in [3.05, 3.63) is 30.3 Å². The SMILES string of the molecule is COC(=O)CNC(=O)CCS(=O)(=O)c1ccccc1. The molecular formula is C12H15NO5S. The lowest BCUT2D eigenvalue weighted by molar-refractivity contribution is -0.141. The Labute approximate surface area is 111 Å². The Balaban J connectivity index is 2.48. The first-order valence-electron chi connectivity index (χ1n) is 5.57. The Morgan fingerprint density at radius 2 is 1.84 bits per heavy atom. The van der Waals surface area contributed by atoms with Gasteiger partial charge in [-0.1, -0.05) is 18.2 Å². The lowest BCUT2D eigenvalue weighted by Gasteiger charge is -2.05. The van der Waals surface area contributed by atoms with Crippen LogP contribution < -0.4 is 5.32 Å². The Kier molecular flexibility index (Phi) is 5.50. The van der Waals surface area contributed by atoms with E-state index in [4.69, 9.17) is 0 Å². The number of nitrogens with one attached hydrogen (secondary N) is 1. The molecule has 0 aliphatic rings. The second-order valence-corrected chi connectivity index (χ2v) is 5.84. The molecule has 0 spiro atoms. The number of amides is 1. The summed E-state index contributed by atoms with van der Waals surface area (Å²) in [7, 11) is -2.27. The van der Waals surface area contributed by atoms with Crippen LogP contribution in [0.15, 0.2) is 35.2 Å². The van der Waals surface area contributed by atoms with Crippen molar-refractivity contribution in [2.45, 2.75) is 11.3 Å². The van der Waals surface area contributed by atoms with E-state index in [-0.39, 0.29) is 23.6 Å². The molecule has 1 aromatic carbocycles. The Hall–Kier alpha value is -1.89. The summed E-state index contributed by atoms with van der Waals surface area (Å²) in [5, 5.41) is 2.28. The number of carbonyl (C=O) groups is 2. The van der Waals surface area contributed by atoms with Gasteiger partial charge in [0.25, 0.3) is 0 Å². The maximum Gasteiger partial charge on any atom is 0.325 e. The molecule has 0 atom stereocenters. The number of rotatable bonds is 6. The van der Waals surface area contributed by atoms with Crippen LogP contribution >= 0.6 is 0 Å².